The molecular formula is C16H15BrClNO4S. The number of ether oxygens (including phenoxy) is 1. The van der Waals surface area contributed by atoms with Gasteiger partial charge in [-0.15, -0.1) is 0 Å². The quantitative estimate of drug-likeness (QED) is 0.543. The zero-order chi connectivity index (χ0) is 18.1. The Morgan fingerprint density at radius 2 is 1.83 bits per heavy atom. The summed E-state index contributed by atoms with van der Waals surface area (Å²) >= 11 is 9.07. The minimum atomic E-state index is -3.69. The van der Waals surface area contributed by atoms with E-state index in [0.717, 1.165) is 4.31 Å². The summed E-state index contributed by atoms with van der Waals surface area (Å²) in [6.07, 6.45) is 0. The average Bonchev–Trinajstić information content (AvgIpc) is 2.50. The van der Waals surface area contributed by atoms with Crippen molar-refractivity contribution in [3.05, 3.63) is 57.0 Å². The molecule has 2 rings (SSSR count). The molecule has 0 spiro atoms. The summed E-state index contributed by atoms with van der Waals surface area (Å²) in [6, 6.07) is 9.15. The SMILES string of the molecule is Cc1cc(Cl)ccc1OC(=O)c1ccc(Br)c(S(=O)(=O)N(C)C)c1. The number of nitrogens with zero attached hydrogens (tertiary/aromatic N) is 1. The molecule has 0 atom stereocenters. The Morgan fingerprint density at radius 1 is 1.17 bits per heavy atom. The van der Waals surface area contributed by atoms with Crippen molar-refractivity contribution in [2.75, 3.05) is 14.1 Å². The number of halogens is 2. The van der Waals surface area contributed by atoms with Gasteiger partial charge >= 0.3 is 5.97 Å². The molecule has 0 saturated carbocycles. The lowest BCUT2D eigenvalue weighted by molar-refractivity contribution is 0.0733. The molecule has 0 aliphatic heterocycles. The van der Waals surface area contributed by atoms with Crippen LogP contribution >= 0.6 is 27.5 Å². The number of hydrogen-bond donors (Lipinski definition) is 0. The van der Waals surface area contributed by atoms with Crippen LogP contribution in [-0.4, -0.2) is 32.8 Å². The first-order valence-electron chi connectivity index (χ1n) is 6.83. The number of esters is 1. The van der Waals surface area contributed by atoms with Crippen LogP contribution in [0.3, 0.4) is 0 Å². The van der Waals surface area contributed by atoms with Crippen molar-refractivity contribution in [1.82, 2.24) is 4.31 Å². The van der Waals surface area contributed by atoms with Gasteiger partial charge in [0.2, 0.25) is 10.0 Å². The molecule has 2 aromatic rings. The van der Waals surface area contributed by atoms with Gasteiger partial charge in [-0.05, 0) is 64.8 Å². The third-order valence-corrected chi connectivity index (χ3v) is 6.31. The van der Waals surface area contributed by atoms with E-state index in [4.69, 9.17) is 16.3 Å². The largest absolute Gasteiger partial charge is 0.423 e. The van der Waals surface area contributed by atoms with Gasteiger partial charge in [0.15, 0.2) is 0 Å². The third-order valence-electron chi connectivity index (χ3n) is 3.27. The maximum atomic E-state index is 12.3. The van der Waals surface area contributed by atoms with Crippen LogP contribution in [0.4, 0.5) is 0 Å². The number of hydrogen-bond acceptors (Lipinski definition) is 4. The Kier molecular flexibility index (Phi) is 5.70. The predicted molar refractivity (Wildman–Crippen MR) is 96.2 cm³/mol. The summed E-state index contributed by atoms with van der Waals surface area (Å²) in [6.45, 7) is 1.76. The van der Waals surface area contributed by atoms with Crippen LogP contribution < -0.4 is 4.74 Å². The summed E-state index contributed by atoms with van der Waals surface area (Å²) < 4.78 is 31.4. The molecule has 0 amide bonds. The molecule has 5 nitrogen and oxygen atoms in total. The Morgan fingerprint density at radius 3 is 2.42 bits per heavy atom. The van der Waals surface area contributed by atoms with Crippen LogP contribution in [0.2, 0.25) is 5.02 Å². The minimum Gasteiger partial charge on any atom is -0.423 e. The molecule has 0 aromatic heterocycles. The van der Waals surface area contributed by atoms with Crippen LogP contribution in [0.1, 0.15) is 15.9 Å². The van der Waals surface area contributed by atoms with E-state index in [9.17, 15) is 13.2 Å². The molecule has 0 saturated heterocycles. The van der Waals surface area contributed by atoms with E-state index in [0.29, 0.717) is 20.8 Å². The maximum absolute atomic E-state index is 12.3. The zero-order valence-electron chi connectivity index (χ0n) is 13.2. The minimum absolute atomic E-state index is 0.00484. The van der Waals surface area contributed by atoms with Crippen molar-refractivity contribution in [2.24, 2.45) is 0 Å². The second-order valence-electron chi connectivity index (χ2n) is 5.23. The fourth-order valence-electron chi connectivity index (χ4n) is 1.91. The Hall–Kier alpha value is -1.41. The van der Waals surface area contributed by atoms with E-state index in [-0.39, 0.29) is 10.5 Å². The normalized spacial score (nSPS) is 11.6. The molecule has 0 fully saturated rings. The molecule has 128 valence electrons. The van der Waals surface area contributed by atoms with Gasteiger partial charge in [0, 0.05) is 23.6 Å². The molecule has 2 aromatic carbocycles. The number of carbonyl (C=O) groups is 1. The first kappa shape index (κ1) is 18.9. The van der Waals surface area contributed by atoms with E-state index in [1.807, 2.05) is 0 Å². The van der Waals surface area contributed by atoms with Gasteiger partial charge < -0.3 is 4.74 Å². The lowest BCUT2D eigenvalue weighted by atomic mass is 10.2. The highest BCUT2D eigenvalue weighted by molar-refractivity contribution is 9.10. The van der Waals surface area contributed by atoms with Crippen LogP contribution in [0.25, 0.3) is 0 Å². The van der Waals surface area contributed by atoms with Crippen molar-refractivity contribution in [3.8, 4) is 5.75 Å². The van der Waals surface area contributed by atoms with E-state index in [1.54, 1.807) is 25.1 Å². The number of sulfonamides is 1. The van der Waals surface area contributed by atoms with Crippen molar-refractivity contribution in [1.29, 1.82) is 0 Å². The summed E-state index contributed by atoms with van der Waals surface area (Å²) in [7, 11) is -0.848. The highest BCUT2D eigenvalue weighted by Gasteiger charge is 2.23. The molecule has 0 radical (unpaired) electrons. The van der Waals surface area contributed by atoms with E-state index >= 15 is 0 Å². The first-order chi connectivity index (χ1) is 11.1. The van der Waals surface area contributed by atoms with E-state index in [2.05, 4.69) is 15.9 Å². The third kappa shape index (κ3) is 3.97. The van der Waals surface area contributed by atoms with Gasteiger partial charge in [-0.2, -0.15) is 0 Å². The lowest BCUT2D eigenvalue weighted by Crippen LogP contribution is -2.23. The molecule has 0 bridgehead atoms. The Labute approximate surface area is 154 Å². The van der Waals surface area contributed by atoms with Crippen molar-refractivity contribution < 1.29 is 17.9 Å². The van der Waals surface area contributed by atoms with Crippen molar-refractivity contribution in [2.45, 2.75) is 11.8 Å². The fourth-order valence-corrected chi connectivity index (χ4v) is 3.98. The Balaban J connectivity index is 2.37. The zero-order valence-corrected chi connectivity index (χ0v) is 16.4. The average molecular weight is 433 g/mol. The van der Waals surface area contributed by atoms with Crippen LogP contribution in [0, 0.1) is 6.92 Å². The van der Waals surface area contributed by atoms with Gasteiger partial charge in [0.1, 0.15) is 5.75 Å². The topological polar surface area (TPSA) is 63.7 Å². The summed E-state index contributed by atoms with van der Waals surface area (Å²) in [5.74, 6) is -0.285. The summed E-state index contributed by atoms with van der Waals surface area (Å²) in [4.78, 5) is 12.3. The molecular weight excluding hydrogens is 418 g/mol. The van der Waals surface area contributed by atoms with Crippen LogP contribution in [-0.2, 0) is 10.0 Å². The van der Waals surface area contributed by atoms with Crippen molar-refractivity contribution in [3.63, 3.8) is 0 Å². The highest BCUT2D eigenvalue weighted by Crippen LogP contribution is 2.27. The number of benzene rings is 2. The highest BCUT2D eigenvalue weighted by atomic mass is 79.9. The summed E-state index contributed by atoms with van der Waals surface area (Å²) in [5, 5.41) is 0.537. The van der Waals surface area contributed by atoms with Crippen molar-refractivity contribution >= 4 is 43.5 Å². The van der Waals surface area contributed by atoms with Gasteiger partial charge in [0.25, 0.3) is 0 Å². The van der Waals surface area contributed by atoms with Crippen LogP contribution in [0.5, 0.6) is 5.75 Å². The second-order valence-corrected chi connectivity index (χ2v) is 8.64. The molecule has 0 aliphatic rings. The van der Waals surface area contributed by atoms with E-state index < -0.39 is 16.0 Å². The molecule has 24 heavy (non-hydrogen) atoms. The van der Waals surface area contributed by atoms with Gasteiger partial charge in [-0.1, -0.05) is 11.6 Å². The smallest absolute Gasteiger partial charge is 0.343 e. The molecule has 0 heterocycles. The fraction of sp³-hybridized carbons (Fsp3) is 0.188. The number of carbonyl (C=O) groups excluding carboxylic acids is 1. The number of aryl methyl sites for hydroxylation is 1. The summed E-state index contributed by atoms with van der Waals surface area (Å²) in [5.41, 5.74) is 0.835. The predicted octanol–water partition coefficient (Wildman–Crippen LogP) is 3.88. The molecule has 0 N–H and O–H groups in total. The van der Waals surface area contributed by atoms with E-state index in [1.165, 1.54) is 32.3 Å². The lowest BCUT2D eigenvalue weighted by Gasteiger charge is -2.14. The Bertz CT molecular complexity index is 897. The van der Waals surface area contributed by atoms with Crippen LogP contribution in [0.15, 0.2) is 45.8 Å². The van der Waals surface area contributed by atoms with Gasteiger partial charge in [-0.3, -0.25) is 0 Å². The van der Waals surface area contributed by atoms with Gasteiger partial charge in [0.05, 0.1) is 10.5 Å². The second kappa shape index (κ2) is 7.23. The molecule has 0 unspecified atom stereocenters. The molecule has 8 heteroatoms. The monoisotopic (exact) mass is 431 g/mol. The standard InChI is InChI=1S/C16H15BrClNO4S/c1-10-8-12(18)5-7-14(10)23-16(20)11-4-6-13(17)15(9-11)24(21,22)19(2)3/h4-9H,1-3H3. The first-order valence-corrected chi connectivity index (χ1v) is 9.44. The maximum Gasteiger partial charge on any atom is 0.343 e. The van der Waals surface area contributed by atoms with Gasteiger partial charge in [-0.25, -0.2) is 17.5 Å². The molecule has 0 aliphatic carbocycles. The number of rotatable bonds is 4.